The summed E-state index contributed by atoms with van der Waals surface area (Å²) >= 11 is 1.72. The molecular formula is C14H25N3O2S. The molecule has 0 saturated carbocycles. The monoisotopic (exact) mass is 299 g/mol. The van der Waals surface area contributed by atoms with Crippen molar-refractivity contribution >= 4 is 16.5 Å². The molecule has 1 saturated heterocycles. The van der Waals surface area contributed by atoms with Crippen molar-refractivity contribution < 1.29 is 9.47 Å². The van der Waals surface area contributed by atoms with Gasteiger partial charge in [0.1, 0.15) is 0 Å². The van der Waals surface area contributed by atoms with Gasteiger partial charge in [0.05, 0.1) is 0 Å². The van der Waals surface area contributed by atoms with Crippen molar-refractivity contribution in [3.63, 3.8) is 0 Å². The van der Waals surface area contributed by atoms with Crippen molar-refractivity contribution in [1.82, 2.24) is 9.88 Å². The van der Waals surface area contributed by atoms with Crippen LogP contribution in [0.1, 0.15) is 20.3 Å². The Bertz CT molecular complexity index is 347. The Morgan fingerprint density at radius 2 is 1.90 bits per heavy atom. The second kappa shape index (κ2) is 8.56. The normalized spacial score (nSPS) is 17.1. The van der Waals surface area contributed by atoms with Gasteiger partial charge in [0.25, 0.3) is 0 Å². The topological polar surface area (TPSA) is 37.8 Å². The summed E-state index contributed by atoms with van der Waals surface area (Å²) in [6.45, 7) is 10.8. The fraction of sp³-hybridized carbons (Fsp3) is 0.786. The number of hydrogen-bond donors (Lipinski definition) is 0. The highest BCUT2D eigenvalue weighted by Crippen LogP contribution is 2.19. The molecule has 0 N–H and O–H groups in total. The van der Waals surface area contributed by atoms with Gasteiger partial charge in [-0.1, -0.05) is 0 Å². The first-order valence-corrected chi connectivity index (χ1v) is 8.31. The standard InChI is InChI=1S/C14H25N3O2S/c1-3-18-13(19-4-2)5-7-16-8-10-17(11-9-16)14-15-6-12-20-14/h6,12-13H,3-5,7-11H2,1-2H3. The van der Waals surface area contributed by atoms with Crippen LogP contribution in [0.2, 0.25) is 0 Å². The average Bonchev–Trinajstić information content (AvgIpc) is 3.00. The smallest absolute Gasteiger partial charge is 0.185 e. The van der Waals surface area contributed by atoms with Crippen LogP contribution in [0, 0.1) is 0 Å². The molecule has 0 aliphatic carbocycles. The Balaban J connectivity index is 1.68. The molecule has 6 heteroatoms. The molecule has 1 aromatic rings. The molecule has 0 aromatic carbocycles. The largest absolute Gasteiger partial charge is 0.353 e. The molecule has 0 bridgehead atoms. The molecule has 1 aliphatic heterocycles. The van der Waals surface area contributed by atoms with Gasteiger partial charge < -0.3 is 14.4 Å². The summed E-state index contributed by atoms with van der Waals surface area (Å²) in [7, 11) is 0. The summed E-state index contributed by atoms with van der Waals surface area (Å²) in [4.78, 5) is 9.22. The molecule has 5 nitrogen and oxygen atoms in total. The van der Waals surface area contributed by atoms with Crippen LogP contribution in [0.4, 0.5) is 5.13 Å². The van der Waals surface area contributed by atoms with Crippen LogP contribution in [0.5, 0.6) is 0 Å². The van der Waals surface area contributed by atoms with E-state index in [-0.39, 0.29) is 6.29 Å². The van der Waals surface area contributed by atoms with Crippen LogP contribution in [-0.4, -0.2) is 62.1 Å². The van der Waals surface area contributed by atoms with Gasteiger partial charge in [-0.15, -0.1) is 11.3 Å². The third-order valence-corrected chi connectivity index (χ3v) is 4.28. The molecular weight excluding hydrogens is 274 g/mol. The van der Waals surface area contributed by atoms with Crippen LogP contribution in [0.15, 0.2) is 11.6 Å². The van der Waals surface area contributed by atoms with E-state index in [1.54, 1.807) is 11.3 Å². The van der Waals surface area contributed by atoms with Gasteiger partial charge in [0.2, 0.25) is 0 Å². The summed E-state index contributed by atoms with van der Waals surface area (Å²) in [6.07, 6.45) is 2.77. The lowest BCUT2D eigenvalue weighted by Gasteiger charge is -2.35. The second-order valence-electron chi connectivity index (χ2n) is 4.77. The summed E-state index contributed by atoms with van der Waals surface area (Å²) < 4.78 is 11.2. The zero-order valence-electron chi connectivity index (χ0n) is 12.5. The molecule has 1 fully saturated rings. The quantitative estimate of drug-likeness (QED) is 0.687. The van der Waals surface area contributed by atoms with Crippen molar-refractivity contribution in [3.05, 3.63) is 11.6 Å². The Kier molecular flexibility index (Phi) is 6.72. The minimum absolute atomic E-state index is 0.0537. The number of anilines is 1. The zero-order valence-corrected chi connectivity index (χ0v) is 13.3. The van der Waals surface area contributed by atoms with Crippen molar-refractivity contribution in [1.29, 1.82) is 0 Å². The highest BCUT2D eigenvalue weighted by molar-refractivity contribution is 7.13. The minimum atomic E-state index is -0.0537. The number of nitrogens with zero attached hydrogens (tertiary/aromatic N) is 3. The van der Waals surface area contributed by atoms with Crippen LogP contribution in [-0.2, 0) is 9.47 Å². The van der Waals surface area contributed by atoms with E-state index in [9.17, 15) is 0 Å². The first kappa shape index (κ1) is 15.7. The van der Waals surface area contributed by atoms with Gasteiger partial charge in [0, 0.05) is 63.9 Å². The molecule has 1 aliphatic rings. The summed E-state index contributed by atoms with van der Waals surface area (Å²) in [6, 6.07) is 0. The number of hydrogen-bond acceptors (Lipinski definition) is 6. The van der Waals surface area contributed by atoms with E-state index in [2.05, 4.69) is 14.8 Å². The minimum Gasteiger partial charge on any atom is -0.353 e. The molecule has 2 rings (SSSR count). The van der Waals surface area contributed by atoms with E-state index < -0.39 is 0 Å². The lowest BCUT2D eigenvalue weighted by molar-refractivity contribution is -0.141. The van der Waals surface area contributed by atoms with Crippen molar-refractivity contribution in [3.8, 4) is 0 Å². The predicted octanol–water partition coefficient (Wildman–Crippen LogP) is 2.05. The van der Waals surface area contributed by atoms with Gasteiger partial charge in [-0.2, -0.15) is 0 Å². The van der Waals surface area contributed by atoms with E-state index in [1.807, 2.05) is 25.4 Å². The zero-order chi connectivity index (χ0) is 14.2. The van der Waals surface area contributed by atoms with Crippen LogP contribution < -0.4 is 4.90 Å². The van der Waals surface area contributed by atoms with Crippen molar-refractivity contribution in [2.24, 2.45) is 0 Å². The van der Waals surface area contributed by atoms with Gasteiger partial charge >= 0.3 is 0 Å². The summed E-state index contributed by atoms with van der Waals surface area (Å²) in [5.41, 5.74) is 0. The number of aromatic nitrogens is 1. The Hall–Kier alpha value is -0.690. The summed E-state index contributed by atoms with van der Waals surface area (Å²) in [5.74, 6) is 0. The third-order valence-electron chi connectivity index (χ3n) is 3.45. The Morgan fingerprint density at radius 3 is 2.45 bits per heavy atom. The van der Waals surface area contributed by atoms with E-state index >= 15 is 0 Å². The summed E-state index contributed by atoms with van der Waals surface area (Å²) in [5, 5.41) is 3.18. The van der Waals surface area contributed by atoms with Gasteiger partial charge in [-0.05, 0) is 13.8 Å². The van der Waals surface area contributed by atoms with E-state index in [0.717, 1.165) is 44.3 Å². The number of piperazine rings is 1. The van der Waals surface area contributed by atoms with E-state index in [1.165, 1.54) is 0 Å². The maximum absolute atomic E-state index is 5.59. The number of thiazole rings is 1. The molecule has 20 heavy (non-hydrogen) atoms. The van der Waals surface area contributed by atoms with Gasteiger partial charge in [-0.25, -0.2) is 4.98 Å². The Labute approximate surface area is 125 Å². The molecule has 1 aromatic heterocycles. The SMILES string of the molecule is CCOC(CCN1CCN(c2nccs2)CC1)OCC. The van der Waals surface area contributed by atoms with Crippen LogP contribution in [0.3, 0.4) is 0 Å². The highest BCUT2D eigenvalue weighted by Gasteiger charge is 2.19. The third kappa shape index (κ3) is 4.70. The first-order valence-electron chi connectivity index (χ1n) is 7.43. The van der Waals surface area contributed by atoms with Gasteiger partial charge in [0.15, 0.2) is 11.4 Å². The molecule has 0 spiro atoms. The first-order chi connectivity index (χ1) is 9.83. The molecule has 0 amide bonds. The van der Waals surface area contributed by atoms with Crippen LogP contribution in [0.25, 0.3) is 0 Å². The van der Waals surface area contributed by atoms with Crippen LogP contribution >= 0.6 is 11.3 Å². The van der Waals surface area contributed by atoms with E-state index in [0.29, 0.717) is 13.2 Å². The number of ether oxygens (including phenoxy) is 2. The molecule has 0 unspecified atom stereocenters. The highest BCUT2D eigenvalue weighted by atomic mass is 32.1. The maximum atomic E-state index is 5.59. The molecule has 0 atom stereocenters. The van der Waals surface area contributed by atoms with E-state index in [4.69, 9.17) is 9.47 Å². The fourth-order valence-electron chi connectivity index (χ4n) is 2.41. The van der Waals surface area contributed by atoms with Crippen molar-refractivity contribution in [2.45, 2.75) is 26.6 Å². The Morgan fingerprint density at radius 1 is 1.20 bits per heavy atom. The fourth-order valence-corrected chi connectivity index (χ4v) is 3.11. The lowest BCUT2D eigenvalue weighted by Crippen LogP contribution is -2.47. The second-order valence-corrected chi connectivity index (χ2v) is 5.65. The molecule has 0 radical (unpaired) electrons. The van der Waals surface area contributed by atoms with Gasteiger partial charge in [-0.3, -0.25) is 4.90 Å². The number of rotatable bonds is 8. The maximum Gasteiger partial charge on any atom is 0.185 e. The predicted molar refractivity (Wildman–Crippen MR) is 82.4 cm³/mol. The average molecular weight is 299 g/mol. The van der Waals surface area contributed by atoms with Crippen molar-refractivity contribution in [2.75, 3.05) is 50.8 Å². The molecule has 114 valence electrons. The lowest BCUT2D eigenvalue weighted by atomic mass is 10.3. The molecule has 2 heterocycles.